The summed E-state index contributed by atoms with van der Waals surface area (Å²) in [5.41, 5.74) is 0.479. The van der Waals surface area contributed by atoms with E-state index in [0.717, 1.165) is 23.8 Å². The number of amides is 1. The van der Waals surface area contributed by atoms with E-state index < -0.39 is 16.6 Å². The molecule has 0 fully saturated rings. The van der Waals surface area contributed by atoms with E-state index in [0.29, 0.717) is 26.1 Å². The minimum atomic E-state index is -0.678. The molecule has 0 radical (unpaired) electrons. The molecule has 1 aromatic rings. The summed E-state index contributed by atoms with van der Waals surface area (Å²) in [6.45, 7) is 1.27. The number of methoxy groups -OCH3 is 1. The van der Waals surface area contributed by atoms with Crippen molar-refractivity contribution in [1.82, 2.24) is 4.90 Å². The smallest absolute Gasteiger partial charge is 0.282 e. The van der Waals surface area contributed by atoms with Crippen LogP contribution in [0.3, 0.4) is 0 Å². The first-order chi connectivity index (χ1) is 10.0. The van der Waals surface area contributed by atoms with E-state index in [9.17, 15) is 19.3 Å². The number of benzene rings is 1. The molecule has 0 aromatic heterocycles. The highest BCUT2D eigenvalue weighted by atomic mass is 19.1. The molecule has 1 aliphatic heterocycles. The fourth-order valence-electron chi connectivity index (χ4n) is 2.22. The average Bonchev–Trinajstić information content (AvgIpc) is 2.47. The van der Waals surface area contributed by atoms with E-state index in [1.54, 1.807) is 7.11 Å². The van der Waals surface area contributed by atoms with Crippen molar-refractivity contribution in [2.24, 2.45) is 0 Å². The zero-order chi connectivity index (χ0) is 15.4. The van der Waals surface area contributed by atoms with Gasteiger partial charge in [0.2, 0.25) is 0 Å². The van der Waals surface area contributed by atoms with Crippen LogP contribution in [0.2, 0.25) is 0 Å². The highest BCUT2D eigenvalue weighted by molar-refractivity contribution is 5.98. The minimum absolute atomic E-state index is 0.219. The molecule has 0 aliphatic carbocycles. The van der Waals surface area contributed by atoms with Gasteiger partial charge in [-0.3, -0.25) is 14.9 Å². The Labute approximate surface area is 121 Å². The molecule has 1 amide bonds. The lowest BCUT2D eigenvalue weighted by molar-refractivity contribution is -0.385. The van der Waals surface area contributed by atoms with Gasteiger partial charge in [-0.2, -0.15) is 0 Å². The van der Waals surface area contributed by atoms with Gasteiger partial charge in [-0.25, -0.2) is 4.39 Å². The molecule has 0 saturated heterocycles. The average molecular weight is 294 g/mol. The van der Waals surface area contributed by atoms with E-state index in [1.807, 2.05) is 6.08 Å². The van der Waals surface area contributed by atoms with E-state index >= 15 is 0 Å². The summed E-state index contributed by atoms with van der Waals surface area (Å²) in [4.78, 5) is 24.1. The molecule has 0 saturated carbocycles. The summed E-state index contributed by atoms with van der Waals surface area (Å²) in [5.74, 6) is -1.20. The van der Waals surface area contributed by atoms with Crippen molar-refractivity contribution in [3.8, 4) is 0 Å². The van der Waals surface area contributed by atoms with Crippen LogP contribution in [-0.2, 0) is 4.74 Å². The van der Waals surface area contributed by atoms with Gasteiger partial charge in [-0.1, -0.05) is 6.08 Å². The third kappa shape index (κ3) is 3.43. The molecule has 21 heavy (non-hydrogen) atoms. The van der Waals surface area contributed by atoms with Crippen LogP contribution in [0.15, 0.2) is 29.8 Å². The van der Waals surface area contributed by atoms with Gasteiger partial charge in [-0.05, 0) is 24.1 Å². The van der Waals surface area contributed by atoms with Crippen LogP contribution >= 0.6 is 0 Å². The second kappa shape index (κ2) is 6.45. The Balaban J connectivity index is 2.22. The van der Waals surface area contributed by atoms with Crippen molar-refractivity contribution < 1.29 is 18.8 Å². The number of ether oxygens (including phenoxy) is 1. The third-order valence-corrected chi connectivity index (χ3v) is 3.31. The standard InChI is InChI=1S/C14H15FN2O4/c1-21-9-10-4-6-16(7-5-10)14(18)12-8-11(15)2-3-13(12)17(19)20/h2-4,8H,5-7,9H2,1H3. The zero-order valence-electron chi connectivity index (χ0n) is 11.5. The second-order valence-electron chi connectivity index (χ2n) is 4.72. The van der Waals surface area contributed by atoms with Gasteiger partial charge in [0.25, 0.3) is 11.6 Å². The van der Waals surface area contributed by atoms with Crippen LogP contribution < -0.4 is 0 Å². The Morgan fingerprint density at radius 2 is 2.29 bits per heavy atom. The number of nitro groups is 1. The number of carbonyl (C=O) groups is 1. The maximum Gasteiger partial charge on any atom is 0.282 e. The van der Waals surface area contributed by atoms with Crippen LogP contribution in [0, 0.1) is 15.9 Å². The Morgan fingerprint density at radius 1 is 1.52 bits per heavy atom. The Morgan fingerprint density at radius 3 is 2.86 bits per heavy atom. The number of hydrogen-bond donors (Lipinski definition) is 0. The molecule has 6 nitrogen and oxygen atoms in total. The fraction of sp³-hybridized carbons (Fsp3) is 0.357. The molecule has 0 spiro atoms. The summed E-state index contributed by atoms with van der Waals surface area (Å²) in [6, 6.07) is 2.90. The lowest BCUT2D eigenvalue weighted by Crippen LogP contribution is -2.35. The zero-order valence-corrected chi connectivity index (χ0v) is 11.5. The van der Waals surface area contributed by atoms with Crippen molar-refractivity contribution in [2.45, 2.75) is 6.42 Å². The van der Waals surface area contributed by atoms with Gasteiger partial charge in [0, 0.05) is 26.3 Å². The fourth-order valence-corrected chi connectivity index (χ4v) is 2.22. The van der Waals surface area contributed by atoms with Crippen LogP contribution in [0.5, 0.6) is 0 Å². The van der Waals surface area contributed by atoms with Crippen LogP contribution in [0.4, 0.5) is 10.1 Å². The largest absolute Gasteiger partial charge is 0.380 e. The molecular weight excluding hydrogens is 279 g/mol. The predicted octanol–water partition coefficient (Wildman–Crippen LogP) is 2.15. The topological polar surface area (TPSA) is 72.7 Å². The summed E-state index contributed by atoms with van der Waals surface area (Å²) in [6.07, 6.45) is 2.50. The lowest BCUT2D eigenvalue weighted by atomic mass is 10.1. The monoisotopic (exact) mass is 294 g/mol. The van der Waals surface area contributed by atoms with Crippen molar-refractivity contribution in [2.75, 3.05) is 26.8 Å². The van der Waals surface area contributed by atoms with Crippen molar-refractivity contribution in [1.29, 1.82) is 0 Å². The Bertz CT molecular complexity index is 601. The quantitative estimate of drug-likeness (QED) is 0.484. The minimum Gasteiger partial charge on any atom is -0.380 e. The Hall–Kier alpha value is -2.28. The lowest BCUT2D eigenvalue weighted by Gasteiger charge is -2.26. The first-order valence-corrected chi connectivity index (χ1v) is 6.43. The van der Waals surface area contributed by atoms with Crippen molar-refractivity contribution in [3.05, 3.63) is 51.3 Å². The van der Waals surface area contributed by atoms with Crippen molar-refractivity contribution in [3.63, 3.8) is 0 Å². The van der Waals surface area contributed by atoms with E-state index in [-0.39, 0.29) is 11.3 Å². The van der Waals surface area contributed by atoms with Gasteiger partial charge in [0.15, 0.2) is 0 Å². The highest BCUT2D eigenvalue weighted by Gasteiger charge is 2.26. The van der Waals surface area contributed by atoms with Gasteiger partial charge in [-0.15, -0.1) is 0 Å². The number of rotatable bonds is 4. The third-order valence-electron chi connectivity index (χ3n) is 3.31. The van der Waals surface area contributed by atoms with Gasteiger partial charge < -0.3 is 9.64 Å². The molecule has 1 aromatic carbocycles. The highest BCUT2D eigenvalue weighted by Crippen LogP contribution is 2.23. The molecule has 7 heteroatoms. The van der Waals surface area contributed by atoms with Crippen LogP contribution in [-0.4, -0.2) is 42.5 Å². The molecule has 0 unspecified atom stereocenters. The first-order valence-electron chi connectivity index (χ1n) is 6.43. The molecule has 0 N–H and O–H groups in total. The number of hydrogen-bond acceptors (Lipinski definition) is 4. The summed E-state index contributed by atoms with van der Waals surface area (Å²) < 4.78 is 18.3. The molecule has 2 rings (SSSR count). The maximum atomic E-state index is 13.3. The number of halogens is 1. The van der Waals surface area contributed by atoms with E-state index in [4.69, 9.17) is 4.74 Å². The Kier molecular flexibility index (Phi) is 4.64. The summed E-state index contributed by atoms with van der Waals surface area (Å²) in [7, 11) is 1.59. The normalized spacial score (nSPS) is 14.8. The molecule has 1 heterocycles. The van der Waals surface area contributed by atoms with Crippen LogP contribution in [0.25, 0.3) is 0 Å². The number of nitrogens with zero attached hydrogens (tertiary/aromatic N) is 2. The maximum absolute atomic E-state index is 13.3. The van der Waals surface area contributed by atoms with Gasteiger partial charge in [0.1, 0.15) is 11.4 Å². The first kappa shape index (κ1) is 15.1. The number of carbonyl (C=O) groups excluding carboxylic acids is 1. The predicted molar refractivity (Wildman–Crippen MR) is 73.5 cm³/mol. The number of nitro benzene ring substituents is 1. The molecule has 0 bridgehead atoms. The van der Waals surface area contributed by atoms with E-state index in [1.165, 1.54) is 4.90 Å². The molecule has 1 aliphatic rings. The summed E-state index contributed by atoms with van der Waals surface area (Å²) >= 11 is 0. The van der Waals surface area contributed by atoms with E-state index in [2.05, 4.69) is 0 Å². The molecule has 112 valence electrons. The molecule has 0 atom stereocenters. The van der Waals surface area contributed by atoms with Crippen LogP contribution in [0.1, 0.15) is 16.8 Å². The molecular formula is C14H15FN2O4. The SMILES string of the molecule is COCC1=CCN(C(=O)c2cc(F)ccc2[N+](=O)[O-])CC1. The van der Waals surface area contributed by atoms with Crippen molar-refractivity contribution >= 4 is 11.6 Å². The van der Waals surface area contributed by atoms with Gasteiger partial charge in [0.05, 0.1) is 11.5 Å². The second-order valence-corrected chi connectivity index (χ2v) is 4.72. The summed E-state index contributed by atoms with van der Waals surface area (Å²) in [5, 5.41) is 10.9. The van der Waals surface area contributed by atoms with Gasteiger partial charge >= 0.3 is 0 Å².